The zero-order valence-electron chi connectivity index (χ0n) is 15.4. The van der Waals surface area contributed by atoms with Crippen molar-refractivity contribution in [1.29, 1.82) is 5.26 Å². The van der Waals surface area contributed by atoms with E-state index in [1.54, 1.807) is 0 Å². The standard InChI is InChI=1S/C20H19N3O4/c1-23-9-8-16-18(14(11-21)12-6-4-5-7-15(12)22-16)19(23)13(20(25)27-3)10-17(24)26-2/h4-7,10,19H,8-9H2,1-3H3/b13-10-. The first-order valence-electron chi connectivity index (χ1n) is 8.41. The highest BCUT2D eigenvalue weighted by molar-refractivity contribution is 5.98. The van der Waals surface area contributed by atoms with E-state index in [9.17, 15) is 14.9 Å². The molecule has 0 amide bonds. The maximum absolute atomic E-state index is 12.5. The summed E-state index contributed by atoms with van der Waals surface area (Å²) < 4.78 is 9.58. The van der Waals surface area contributed by atoms with Crippen molar-refractivity contribution < 1.29 is 19.1 Å². The lowest BCUT2D eigenvalue weighted by Crippen LogP contribution is -2.37. The zero-order chi connectivity index (χ0) is 19.6. The number of aromatic nitrogens is 1. The van der Waals surface area contributed by atoms with E-state index in [2.05, 4.69) is 6.07 Å². The van der Waals surface area contributed by atoms with Gasteiger partial charge in [-0.15, -0.1) is 0 Å². The van der Waals surface area contributed by atoms with Gasteiger partial charge in [-0.1, -0.05) is 18.2 Å². The lowest BCUT2D eigenvalue weighted by atomic mass is 9.86. The van der Waals surface area contributed by atoms with E-state index in [0.717, 1.165) is 17.3 Å². The molecule has 1 aliphatic heterocycles. The number of carbonyl (C=O) groups is 2. The van der Waals surface area contributed by atoms with E-state index in [1.165, 1.54) is 14.2 Å². The summed E-state index contributed by atoms with van der Waals surface area (Å²) in [5, 5.41) is 10.6. The number of pyridine rings is 1. The van der Waals surface area contributed by atoms with Crippen LogP contribution in [0, 0.1) is 11.3 Å². The van der Waals surface area contributed by atoms with E-state index in [4.69, 9.17) is 14.5 Å². The molecule has 1 atom stereocenters. The fourth-order valence-electron chi connectivity index (χ4n) is 3.46. The molecule has 0 saturated heterocycles. The summed E-state index contributed by atoms with van der Waals surface area (Å²) in [6, 6.07) is 9.02. The molecule has 3 rings (SSSR count). The molecule has 1 aliphatic rings. The first kappa shape index (κ1) is 18.5. The second-order valence-corrected chi connectivity index (χ2v) is 6.22. The second-order valence-electron chi connectivity index (χ2n) is 6.22. The second kappa shape index (κ2) is 7.56. The number of rotatable bonds is 3. The lowest BCUT2D eigenvalue weighted by Gasteiger charge is -2.35. The third-order valence-corrected chi connectivity index (χ3v) is 4.73. The van der Waals surface area contributed by atoms with Crippen molar-refractivity contribution >= 4 is 22.8 Å². The normalized spacial score (nSPS) is 17.1. The molecule has 1 aromatic heterocycles. The molecule has 0 bridgehead atoms. The number of nitrogens with zero attached hydrogens (tertiary/aromatic N) is 3. The molecule has 0 aliphatic carbocycles. The SMILES string of the molecule is COC(=O)/C=C(\C(=O)OC)C1c2c(nc3ccccc3c2C#N)CCN1C. The lowest BCUT2D eigenvalue weighted by molar-refractivity contribution is -0.139. The summed E-state index contributed by atoms with van der Waals surface area (Å²) in [7, 11) is 4.32. The van der Waals surface area contributed by atoms with Crippen LogP contribution in [-0.2, 0) is 25.5 Å². The molecular formula is C20H19N3O4. The molecule has 0 N–H and O–H groups in total. The van der Waals surface area contributed by atoms with Gasteiger partial charge in [0.15, 0.2) is 0 Å². The number of hydrogen-bond donors (Lipinski definition) is 0. The molecule has 0 fully saturated rings. The topological polar surface area (TPSA) is 92.5 Å². The van der Waals surface area contributed by atoms with Crippen LogP contribution in [0.4, 0.5) is 0 Å². The number of carbonyl (C=O) groups excluding carboxylic acids is 2. The van der Waals surface area contributed by atoms with Gasteiger partial charge >= 0.3 is 11.9 Å². The first-order valence-corrected chi connectivity index (χ1v) is 8.41. The molecule has 7 heteroatoms. The van der Waals surface area contributed by atoms with E-state index in [1.807, 2.05) is 36.2 Å². The molecule has 2 heterocycles. The van der Waals surface area contributed by atoms with Gasteiger partial charge < -0.3 is 9.47 Å². The summed E-state index contributed by atoms with van der Waals surface area (Å²) in [6.45, 7) is 0.614. The number of esters is 2. The van der Waals surface area contributed by atoms with Gasteiger partial charge in [0.25, 0.3) is 0 Å². The first-order chi connectivity index (χ1) is 13.0. The van der Waals surface area contributed by atoms with Gasteiger partial charge in [0, 0.05) is 35.7 Å². The summed E-state index contributed by atoms with van der Waals surface area (Å²) >= 11 is 0. The maximum atomic E-state index is 12.5. The fraction of sp³-hybridized carbons (Fsp3) is 0.300. The molecule has 0 saturated carbocycles. The van der Waals surface area contributed by atoms with Gasteiger partial charge in [0.2, 0.25) is 0 Å². The van der Waals surface area contributed by atoms with Crippen molar-refractivity contribution in [2.75, 3.05) is 27.8 Å². The Kier molecular flexibility index (Phi) is 5.19. The van der Waals surface area contributed by atoms with Crippen LogP contribution in [0.5, 0.6) is 0 Å². The molecule has 2 aromatic rings. The van der Waals surface area contributed by atoms with Crippen molar-refractivity contribution in [3.05, 3.63) is 52.7 Å². The van der Waals surface area contributed by atoms with Gasteiger partial charge in [-0.2, -0.15) is 5.26 Å². The van der Waals surface area contributed by atoms with E-state index < -0.39 is 18.0 Å². The zero-order valence-corrected chi connectivity index (χ0v) is 15.4. The maximum Gasteiger partial charge on any atom is 0.335 e. The molecule has 138 valence electrons. The van der Waals surface area contributed by atoms with Crippen LogP contribution in [0.15, 0.2) is 35.9 Å². The number of para-hydroxylation sites is 1. The number of methoxy groups -OCH3 is 2. The molecule has 7 nitrogen and oxygen atoms in total. The van der Waals surface area contributed by atoms with Gasteiger partial charge in [-0.05, 0) is 13.1 Å². The number of fused-ring (bicyclic) bond motifs is 2. The largest absolute Gasteiger partial charge is 0.466 e. The Bertz CT molecular complexity index is 991. The Morgan fingerprint density at radius 3 is 2.70 bits per heavy atom. The Morgan fingerprint density at radius 2 is 2.04 bits per heavy atom. The van der Waals surface area contributed by atoms with Crippen LogP contribution in [0.3, 0.4) is 0 Å². The molecule has 27 heavy (non-hydrogen) atoms. The van der Waals surface area contributed by atoms with Crippen molar-refractivity contribution in [3.63, 3.8) is 0 Å². The van der Waals surface area contributed by atoms with Crippen LogP contribution in [0.1, 0.15) is 22.9 Å². The minimum absolute atomic E-state index is 0.112. The summed E-state index contributed by atoms with van der Waals surface area (Å²) in [5.74, 6) is -1.31. The molecular weight excluding hydrogens is 346 g/mol. The van der Waals surface area contributed by atoms with Crippen molar-refractivity contribution in [2.24, 2.45) is 0 Å². The van der Waals surface area contributed by atoms with Crippen LogP contribution in [-0.4, -0.2) is 49.6 Å². The van der Waals surface area contributed by atoms with Crippen molar-refractivity contribution in [1.82, 2.24) is 9.88 Å². The average molecular weight is 365 g/mol. The highest BCUT2D eigenvalue weighted by Gasteiger charge is 2.36. The molecule has 1 unspecified atom stereocenters. The van der Waals surface area contributed by atoms with Crippen LogP contribution >= 0.6 is 0 Å². The highest BCUT2D eigenvalue weighted by Crippen LogP contribution is 2.38. The van der Waals surface area contributed by atoms with Crippen LogP contribution in [0.25, 0.3) is 10.9 Å². The Hall–Kier alpha value is -3.24. The Labute approximate surface area is 156 Å². The number of likely N-dealkylation sites (N-methyl/N-ethyl adjacent to an activating group) is 1. The minimum atomic E-state index is -0.664. The number of hydrogen-bond acceptors (Lipinski definition) is 7. The number of ether oxygens (including phenoxy) is 2. The van der Waals surface area contributed by atoms with Gasteiger partial charge in [0.05, 0.1) is 36.9 Å². The predicted octanol–water partition coefficient (Wildman–Crippen LogP) is 1.91. The van der Waals surface area contributed by atoms with Gasteiger partial charge in [-0.25, -0.2) is 9.59 Å². The third kappa shape index (κ3) is 3.27. The van der Waals surface area contributed by atoms with Gasteiger partial charge in [-0.3, -0.25) is 9.88 Å². The number of benzene rings is 1. The highest BCUT2D eigenvalue weighted by atomic mass is 16.5. The Morgan fingerprint density at radius 1 is 1.30 bits per heavy atom. The van der Waals surface area contributed by atoms with E-state index in [0.29, 0.717) is 29.5 Å². The van der Waals surface area contributed by atoms with Crippen molar-refractivity contribution in [3.8, 4) is 6.07 Å². The quantitative estimate of drug-likeness (QED) is 0.606. The molecule has 0 spiro atoms. The smallest absolute Gasteiger partial charge is 0.335 e. The van der Waals surface area contributed by atoms with E-state index >= 15 is 0 Å². The third-order valence-electron chi connectivity index (χ3n) is 4.73. The van der Waals surface area contributed by atoms with Crippen LogP contribution < -0.4 is 0 Å². The Balaban J connectivity index is 2.31. The summed E-state index contributed by atoms with van der Waals surface area (Å²) in [6.07, 6.45) is 1.76. The molecule has 0 radical (unpaired) electrons. The average Bonchev–Trinajstić information content (AvgIpc) is 2.70. The van der Waals surface area contributed by atoms with Crippen LogP contribution in [0.2, 0.25) is 0 Å². The minimum Gasteiger partial charge on any atom is -0.466 e. The van der Waals surface area contributed by atoms with Gasteiger partial charge in [0.1, 0.15) is 6.07 Å². The fourth-order valence-corrected chi connectivity index (χ4v) is 3.46. The summed E-state index contributed by atoms with van der Waals surface area (Å²) in [5.41, 5.74) is 2.67. The molecule has 1 aromatic carbocycles. The monoisotopic (exact) mass is 365 g/mol. The van der Waals surface area contributed by atoms with E-state index in [-0.39, 0.29) is 5.57 Å². The van der Waals surface area contributed by atoms with Crippen molar-refractivity contribution in [2.45, 2.75) is 12.5 Å². The predicted molar refractivity (Wildman–Crippen MR) is 97.6 cm³/mol. The number of nitriles is 1. The summed E-state index contributed by atoms with van der Waals surface area (Å²) in [4.78, 5) is 30.9.